The Kier molecular flexibility index (Phi) is 4.07. The van der Waals surface area contributed by atoms with Crippen molar-refractivity contribution in [2.45, 2.75) is 18.9 Å². The number of aromatic amines is 1. The summed E-state index contributed by atoms with van der Waals surface area (Å²) in [6.45, 7) is 0. The molecule has 3 rings (SSSR count). The van der Waals surface area contributed by atoms with Gasteiger partial charge in [-0.3, -0.25) is 24.1 Å². The fraction of sp³-hybridized carbons (Fsp3) is 0.250. The highest BCUT2D eigenvalue weighted by Gasteiger charge is 2.33. The number of hydrogen-bond acceptors (Lipinski definition) is 4. The number of benzene rings is 1. The number of aromatic nitrogens is 1. The predicted octanol–water partition coefficient (Wildman–Crippen LogP) is 0.683. The number of pyridine rings is 1. The first-order valence-electron chi connectivity index (χ1n) is 7.41. The van der Waals surface area contributed by atoms with Crippen molar-refractivity contribution in [1.82, 2.24) is 15.2 Å². The second-order valence-corrected chi connectivity index (χ2v) is 5.70. The number of halogens is 2. The lowest BCUT2D eigenvalue weighted by atomic mass is 10.0. The first kappa shape index (κ1) is 16.7. The number of hydrogen-bond donors (Lipinski definition) is 2. The van der Waals surface area contributed by atoms with Gasteiger partial charge in [-0.2, -0.15) is 0 Å². The molecule has 1 aromatic heterocycles. The van der Waals surface area contributed by atoms with Crippen LogP contribution in [0.4, 0.5) is 8.78 Å². The fourth-order valence-corrected chi connectivity index (χ4v) is 2.67. The highest BCUT2D eigenvalue weighted by Crippen LogP contribution is 2.15. The normalized spacial score (nSPS) is 17.9. The molecule has 1 saturated heterocycles. The quantitative estimate of drug-likeness (QED) is 0.779. The average Bonchev–Trinajstić information content (AvgIpc) is 2.57. The Morgan fingerprint density at radius 2 is 1.92 bits per heavy atom. The molecule has 25 heavy (non-hydrogen) atoms. The number of rotatable bonds is 2. The first-order valence-corrected chi connectivity index (χ1v) is 7.41. The zero-order valence-corrected chi connectivity index (χ0v) is 13.1. The standard InChI is InChI=1S/C16H13F2N3O4/c1-21-13(22)3-2-11(16(21)25)20-15(24)8-6-19-12-5-10(18)9(17)4-7(12)14(8)23/h4-6,11H,2-3H2,1H3,(H,19,23)(H,20,24). The maximum absolute atomic E-state index is 13.4. The van der Waals surface area contributed by atoms with Gasteiger partial charge in [0.25, 0.3) is 11.8 Å². The molecule has 2 N–H and O–H groups in total. The Morgan fingerprint density at radius 1 is 1.24 bits per heavy atom. The van der Waals surface area contributed by atoms with Crippen LogP contribution >= 0.6 is 0 Å². The maximum atomic E-state index is 13.4. The van der Waals surface area contributed by atoms with Crippen LogP contribution in [-0.4, -0.2) is 40.7 Å². The topological polar surface area (TPSA) is 99.3 Å². The third-order valence-electron chi connectivity index (χ3n) is 4.12. The van der Waals surface area contributed by atoms with Crippen LogP contribution in [0.25, 0.3) is 10.9 Å². The van der Waals surface area contributed by atoms with Gasteiger partial charge in [-0.25, -0.2) is 8.78 Å². The van der Waals surface area contributed by atoms with Gasteiger partial charge in [0.05, 0.1) is 5.52 Å². The molecule has 0 saturated carbocycles. The molecular formula is C16H13F2N3O4. The molecule has 1 unspecified atom stereocenters. The lowest BCUT2D eigenvalue weighted by molar-refractivity contribution is -0.147. The Bertz CT molecular complexity index is 970. The molecule has 3 amide bonds. The smallest absolute Gasteiger partial charge is 0.257 e. The summed E-state index contributed by atoms with van der Waals surface area (Å²) in [6.07, 6.45) is 1.28. The summed E-state index contributed by atoms with van der Waals surface area (Å²) in [6, 6.07) is 0.590. The van der Waals surface area contributed by atoms with Crippen LogP contribution in [0, 0.1) is 11.6 Å². The van der Waals surface area contributed by atoms with E-state index in [-0.39, 0.29) is 35.2 Å². The van der Waals surface area contributed by atoms with Crippen molar-refractivity contribution in [3.05, 3.63) is 45.8 Å². The van der Waals surface area contributed by atoms with Crippen molar-refractivity contribution in [2.24, 2.45) is 0 Å². The van der Waals surface area contributed by atoms with Gasteiger partial charge in [-0.15, -0.1) is 0 Å². The second kappa shape index (κ2) is 6.08. The van der Waals surface area contributed by atoms with Crippen molar-refractivity contribution in [2.75, 3.05) is 7.05 Å². The van der Waals surface area contributed by atoms with E-state index in [4.69, 9.17) is 0 Å². The molecule has 0 bridgehead atoms. The highest BCUT2D eigenvalue weighted by atomic mass is 19.2. The van der Waals surface area contributed by atoms with E-state index in [0.29, 0.717) is 6.07 Å². The predicted molar refractivity (Wildman–Crippen MR) is 82.7 cm³/mol. The highest BCUT2D eigenvalue weighted by molar-refractivity contribution is 6.04. The molecular weight excluding hydrogens is 336 g/mol. The zero-order chi connectivity index (χ0) is 18.3. The lowest BCUT2D eigenvalue weighted by Gasteiger charge is -2.28. The Hall–Kier alpha value is -3.10. The lowest BCUT2D eigenvalue weighted by Crippen LogP contribution is -2.53. The second-order valence-electron chi connectivity index (χ2n) is 5.70. The molecule has 1 aromatic carbocycles. The number of carbonyl (C=O) groups is 3. The van der Waals surface area contributed by atoms with Crippen LogP contribution in [-0.2, 0) is 9.59 Å². The van der Waals surface area contributed by atoms with Gasteiger partial charge in [-0.05, 0) is 12.5 Å². The van der Waals surface area contributed by atoms with Gasteiger partial charge in [0.15, 0.2) is 11.6 Å². The SMILES string of the molecule is CN1C(=O)CCC(NC(=O)c2c[nH]c3cc(F)c(F)cc3c2=O)C1=O. The van der Waals surface area contributed by atoms with Crippen LogP contribution in [0.3, 0.4) is 0 Å². The van der Waals surface area contributed by atoms with Gasteiger partial charge < -0.3 is 10.3 Å². The van der Waals surface area contributed by atoms with E-state index >= 15 is 0 Å². The summed E-state index contributed by atoms with van der Waals surface area (Å²) in [5, 5.41) is 2.21. The molecule has 130 valence electrons. The van der Waals surface area contributed by atoms with E-state index in [1.165, 1.54) is 7.05 Å². The van der Waals surface area contributed by atoms with Crippen LogP contribution in [0.1, 0.15) is 23.2 Å². The molecule has 0 aliphatic carbocycles. The minimum absolute atomic E-state index is 0.0412. The minimum Gasteiger partial charge on any atom is -0.360 e. The molecule has 1 fully saturated rings. The number of fused-ring (bicyclic) bond motifs is 1. The van der Waals surface area contributed by atoms with Gasteiger partial charge in [0.2, 0.25) is 11.3 Å². The Labute approximate surface area is 139 Å². The number of amides is 3. The molecule has 0 spiro atoms. The van der Waals surface area contributed by atoms with Crippen LogP contribution in [0.15, 0.2) is 23.1 Å². The van der Waals surface area contributed by atoms with E-state index < -0.39 is 34.9 Å². The Balaban J connectivity index is 1.91. The molecule has 1 atom stereocenters. The summed E-state index contributed by atoms with van der Waals surface area (Å²) >= 11 is 0. The van der Waals surface area contributed by atoms with Crippen LogP contribution < -0.4 is 10.7 Å². The number of carbonyl (C=O) groups excluding carboxylic acids is 3. The number of piperidine rings is 1. The minimum atomic E-state index is -1.21. The largest absolute Gasteiger partial charge is 0.360 e. The van der Waals surface area contributed by atoms with Crippen molar-refractivity contribution in [1.29, 1.82) is 0 Å². The van der Waals surface area contributed by atoms with Gasteiger partial charge in [0, 0.05) is 31.1 Å². The molecule has 1 aliphatic heterocycles. The van der Waals surface area contributed by atoms with Gasteiger partial charge in [0.1, 0.15) is 11.6 Å². The summed E-state index contributed by atoms with van der Waals surface area (Å²) in [5.41, 5.74) is -1.09. The molecule has 1 aliphatic rings. The van der Waals surface area contributed by atoms with Crippen molar-refractivity contribution < 1.29 is 23.2 Å². The maximum Gasteiger partial charge on any atom is 0.257 e. The van der Waals surface area contributed by atoms with E-state index in [2.05, 4.69) is 10.3 Å². The van der Waals surface area contributed by atoms with E-state index in [1.54, 1.807) is 0 Å². The van der Waals surface area contributed by atoms with Crippen molar-refractivity contribution >= 4 is 28.6 Å². The van der Waals surface area contributed by atoms with E-state index in [9.17, 15) is 28.0 Å². The number of nitrogens with zero attached hydrogens (tertiary/aromatic N) is 1. The molecule has 2 heterocycles. The summed E-state index contributed by atoms with van der Waals surface area (Å²) in [4.78, 5) is 51.6. The van der Waals surface area contributed by atoms with Crippen LogP contribution in [0.2, 0.25) is 0 Å². The van der Waals surface area contributed by atoms with Crippen LogP contribution in [0.5, 0.6) is 0 Å². The van der Waals surface area contributed by atoms with Gasteiger partial charge >= 0.3 is 0 Å². The molecule has 2 aromatic rings. The van der Waals surface area contributed by atoms with Gasteiger partial charge in [-0.1, -0.05) is 0 Å². The third-order valence-corrected chi connectivity index (χ3v) is 4.12. The summed E-state index contributed by atoms with van der Waals surface area (Å²) in [7, 11) is 1.31. The van der Waals surface area contributed by atoms with Crippen molar-refractivity contribution in [3.63, 3.8) is 0 Å². The summed E-state index contributed by atoms with van der Waals surface area (Å²) < 4.78 is 26.6. The number of H-pyrrole nitrogens is 1. The monoisotopic (exact) mass is 349 g/mol. The number of imide groups is 1. The van der Waals surface area contributed by atoms with E-state index in [0.717, 1.165) is 17.2 Å². The summed E-state index contributed by atoms with van der Waals surface area (Å²) in [5.74, 6) is -4.10. The first-order chi connectivity index (χ1) is 11.8. The third kappa shape index (κ3) is 2.88. The Morgan fingerprint density at radius 3 is 2.64 bits per heavy atom. The molecule has 9 heteroatoms. The average molecular weight is 349 g/mol. The fourth-order valence-electron chi connectivity index (χ4n) is 2.67. The number of nitrogens with one attached hydrogen (secondary N) is 2. The van der Waals surface area contributed by atoms with Crippen molar-refractivity contribution in [3.8, 4) is 0 Å². The zero-order valence-electron chi connectivity index (χ0n) is 13.1. The van der Waals surface area contributed by atoms with E-state index in [1.807, 2.05) is 0 Å². The number of likely N-dealkylation sites (tertiary alicyclic amines) is 1. The molecule has 0 radical (unpaired) electrons. The molecule has 7 nitrogen and oxygen atoms in total. The number of likely N-dealkylation sites (N-methyl/N-ethyl adjacent to an activating group) is 1.